The van der Waals surface area contributed by atoms with Gasteiger partial charge in [0.25, 0.3) is 5.91 Å². The van der Waals surface area contributed by atoms with E-state index in [1.165, 1.54) is 6.26 Å². The van der Waals surface area contributed by atoms with Gasteiger partial charge in [-0.1, -0.05) is 42.5 Å². The minimum atomic E-state index is -0.902. The molecule has 4 aromatic rings. The summed E-state index contributed by atoms with van der Waals surface area (Å²) in [5.74, 6) is -1.72. The molecule has 148 valence electrons. The Morgan fingerprint density at radius 2 is 1.80 bits per heavy atom. The molecule has 1 amide bonds. The maximum atomic E-state index is 13.3. The average Bonchev–Trinajstić information content (AvgIpc) is 3.17. The van der Waals surface area contributed by atoms with Gasteiger partial charge in [-0.3, -0.25) is 14.7 Å². The first kappa shape index (κ1) is 17.7. The second-order valence-electron chi connectivity index (χ2n) is 6.88. The fourth-order valence-corrected chi connectivity index (χ4v) is 3.82. The smallest absolute Gasteiger partial charge is 0.250 e. The molecular formula is C22H16N4O4. The third-order valence-electron chi connectivity index (χ3n) is 5.16. The topological polar surface area (TPSA) is 137 Å². The maximum absolute atomic E-state index is 13.3. The Hall–Kier alpha value is -4.33. The molecule has 0 radical (unpaired) electrons. The number of amides is 1. The lowest BCUT2D eigenvalue weighted by molar-refractivity contribution is -0.115. The number of carbonyl (C=O) groups excluding carboxylic acids is 1. The third kappa shape index (κ3) is 2.58. The zero-order valence-corrected chi connectivity index (χ0v) is 15.6. The maximum Gasteiger partial charge on any atom is 0.250 e. The number of nitrogens with zero attached hydrogens (tertiary/aromatic N) is 1. The molecule has 2 aromatic carbocycles. The van der Waals surface area contributed by atoms with Gasteiger partial charge < -0.3 is 20.6 Å². The van der Waals surface area contributed by atoms with Crippen LogP contribution in [0.25, 0.3) is 22.2 Å². The first-order valence-corrected chi connectivity index (χ1v) is 9.17. The molecule has 3 heterocycles. The van der Waals surface area contributed by atoms with E-state index >= 15 is 0 Å². The van der Waals surface area contributed by atoms with Crippen LogP contribution in [0.3, 0.4) is 0 Å². The SMILES string of the molecule is NC(=O)C1=C(N)Oc2n[nH]c(-c3ccccc3)c2C1c1coc2ccccc2c1=O. The first-order valence-electron chi connectivity index (χ1n) is 9.17. The van der Waals surface area contributed by atoms with Gasteiger partial charge in [0.05, 0.1) is 34.4 Å². The number of rotatable bonds is 3. The predicted octanol–water partition coefficient (Wildman–Crippen LogP) is 2.36. The summed E-state index contributed by atoms with van der Waals surface area (Å²) >= 11 is 0. The lowest BCUT2D eigenvalue weighted by Gasteiger charge is -2.25. The highest BCUT2D eigenvalue weighted by atomic mass is 16.5. The summed E-state index contributed by atoms with van der Waals surface area (Å²) in [4.78, 5) is 25.7. The van der Waals surface area contributed by atoms with Crippen molar-refractivity contribution < 1.29 is 13.9 Å². The Morgan fingerprint density at radius 1 is 1.07 bits per heavy atom. The largest absolute Gasteiger partial charge is 0.464 e. The number of fused-ring (bicyclic) bond motifs is 2. The third-order valence-corrected chi connectivity index (χ3v) is 5.16. The normalized spacial score (nSPS) is 15.7. The molecule has 1 aliphatic heterocycles. The number of H-pyrrole nitrogens is 1. The van der Waals surface area contributed by atoms with Crippen LogP contribution in [0.5, 0.6) is 5.88 Å². The Balaban J connectivity index is 1.83. The van der Waals surface area contributed by atoms with Crippen molar-refractivity contribution in [3.8, 4) is 17.1 Å². The fourth-order valence-electron chi connectivity index (χ4n) is 3.82. The molecule has 1 aliphatic rings. The molecule has 2 aromatic heterocycles. The molecule has 0 fully saturated rings. The van der Waals surface area contributed by atoms with Crippen molar-refractivity contribution in [2.24, 2.45) is 11.5 Å². The van der Waals surface area contributed by atoms with Crippen molar-refractivity contribution in [2.75, 3.05) is 0 Å². The minimum Gasteiger partial charge on any atom is -0.464 e. The summed E-state index contributed by atoms with van der Waals surface area (Å²) in [5, 5.41) is 7.51. The molecule has 5 rings (SSSR count). The summed E-state index contributed by atoms with van der Waals surface area (Å²) in [7, 11) is 0. The van der Waals surface area contributed by atoms with Crippen LogP contribution in [-0.4, -0.2) is 16.1 Å². The average molecular weight is 400 g/mol. The zero-order chi connectivity index (χ0) is 20.8. The van der Waals surface area contributed by atoms with Gasteiger partial charge >= 0.3 is 0 Å². The number of aromatic nitrogens is 2. The molecule has 30 heavy (non-hydrogen) atoms. The van der Waals surface area contributed by atoms with E-state index in [1.54, 1.807) is 24.3 Å². The number of para-hydroxylation sites is 1. The molecule has 0 spiro atoms. The molecule has 0 bridgehead atoms. The highest BCUT2D eigenvalue weighted by molar-refractivity contribution is 5.96. The predicted molar refractivity (Wildman–Crippen MR) is 109 cm³/mol. The van der Waals surface area contributed by atoms with Crippen molar-refractivity contribution in [1.82, 2.24) is 10.2 Å². The number of aromatic amines is 1. The molecule has 8 nitrogen and oxygen atoms in total. The van der Waals surface area contributed by atoms with E-state index in [0.29, 0.717) is 22.2 Å². The molecule has 0 saturated heterocycles. The molecule has 0 saturated carbocycles. The number of nitrogens with one attached hydrogen (secondary N) is 1. The van der Waals surface area contributed by atoms with Crippen molar-refractivity contribution in [1.29, 1.82) is 0 Å². The van der Waals surface area contributed by atoms with E-state index in [0.717, 1.165) is 5.56 Å². The Bertz CT molecular complexity index is 1390. The first-order chi connectivity index (χ1) is 14.6. The van der Waals surface area contributed by atoms with Crippen LogP contribution in [0.1, 0.15) is 17.0 Å². The molecular weight excluding hydrogens is 384 g/mol. The summed E-state index contributed by atoms with van der Waals surface area (Å²) < 4.78 is 11.3. The van der Waals surface area contributed by atoms with E-state index in [9.17, 15) is 9.59 Å². The monoisotopic (exact) mass is 400 g/mol. The fraction of sp³-hybridized carbons (Fsp3) is 0.0455. The standard InChI is InChI=1S/C22H16N4O4/c23-20(28)17-15(13-10-29-14-9-5-4-8-12(14)19(13)27)16-18(11-6-2-1-3-7-11)25-26-22(16)30-21(17)24/h1-10,15H,24H2,(H2,23,28)(H,25,26). The molecule has 1 atom stereocenters. The van der Waals surface area contributed by atoms with Crippen LogP contribution in [0.2, 0.25) is 0 Å². The summed E-state index contributed by atoms with van der Waals surface area (Å²) in [6, 6.07) is 16.2. The van der Waals surface area contributed by atoms with Crippen molar-refractivity contribution in [2.45, 2.75) is 5.92 Å². The van der Waals surface area contributed by atoms with Gasteiger partial charge in [0, 0.05) is 5.56 Å². The van der Waals surface area contributed by atoms with Crippen LogP contribution in [0.15, 0.2) is 81.5 Å². The number of hydrogen-bond donors (Lipinski definition) is 3. The van der Waals surface area contributed by atoms with E-state index < -0.39 is 11.8 Å². The molecule has 0 aliphatic carbocycles. The number of carbonyl (C=O) groups is 1. The highest BCUT2D eigenvalue weighted by Crippen LogP contribution is 2.45. The summed E-state index contributed by atoms with van der Waals surface area (Å²) in [6.07, 6.45) is 1.34. The van der Waals surface area contributed by atoms with Crippen molar-refractivity contribution in [3.63, 3.8) is 0 Å². The van der Waals surface area contributed by atoms with Crippen LogP contribution < -0.4 is 21.6 Å². The Morgan fingerprint density at radius 3 is 2.57 bits per heavy atom. The number of hydrogen-bond acceptors (Lipinski definition) is 6. The lowest BCUT2D eigenvalue weighted by atomic mass is 9.82. The number of benzene rings is 2. The van der Waals surface area contributed by atoms with Gasteiger partial charge in [-0.15, -0.1) is 5.10 Å². The van der Waals surface area contributed by atoms with E-state index in [2.05, 4.69) is 10.2 Å². The second-order valence-corrected chi connectivity index (χ2v) is 6.88. The minimum absolute atomic E-state index is 0.0244. The van der Waals surface area contributed by atoms with Gasteiger partial charge in [0.15, 0.2) is 5.43 Å². The molecule has 5 N–H and O–H groups in total. The van der Waals surface area contributed by atoms with Gasteiger partial charge in [0.2, 0.25) is 11.8 Å². The molecule has 8 heteroatoms. The van der Waals surface area contributed by atoms with Crippen LogP contribution in [-0.2, 0) is 4.79 Å². The quantitative estimate of drug-likeness (QED) is 0.483. The van der Waals surface area contributed by atoms with Gasteiger partial charge in [-0.25, -0.2) is 0 Å². The Kier molecular flexibility index (Phi) is 3.92. The zero-order valence-electron chi connectivity index (χ0n) is 15.6. The summed E-state index contributed by atoms with van der Waals surface area (Å²) in [5.41, 5.74) is 13.9. The second kappa shape index (κ2) is 6.63. The van der Waals surface area contributed by atoms with Crippen LogP contribution in [0, 0.1) is 0 Å². The van der Waals surface area contributed by atoms with Gasteiger partial charge in [-0.05, 0) is 17.7 Å². The van der Waals surface area contributed by atoms with Crippen LogP contribution in [0.4, 0.5) is 0 Å². The summed E-state index contributed by atoms with van der Waals surface area (Å²) in [6.45, 7) is 0. The van der Waals surface area contributed by atoms with Crippen molar-refractivity contribution >= 4 is 16.9 Å². The van der Waals surface area contributed by atoms with Gasteiger partial charge in [0.1, 0.15) is 5.58 Å². The van der Waals surface area contributed by atoms with Crippen molar-refractivity contribution in [3.05, 3.63) is 93.7 Å². The van der Waals surface area contributed by atoms with E-state index in [1.807, 2.05) is 30.3 Å². The molecule has 1 unspecified atom stereocenters. The number of primary amides is 1. The van der Waals surface area contributed by atoms with E-state index in [-0.39, 0.29) is 28.3 Å². The Labute approximate surface area is 169 Å². The number of nitrogens with two attached hydrogens (primary N) is 2. The highest BCUT2D eigenvalue weighted by Gasteiger charge is 2.39. The number of ether oxygens (including phenoxy) is 1. The van der Waals surface area contributed by atoms with Crippen LogP contribution >= 0.6 is 0 Å². The van der Waals surface area contributed by atoms with E-state index in [4.69, 9.17) is 20.6 Å². The lowest BCUT2D eigenvalue weighted by Crippen LogP contribution is -2.32. The van der Waals surface area contributed by atoms with Gasteiger partial charge in [-0.2, -0.15) is 0 Å².